The lowest BCUT2D eigenvalue weighted by Gasteiger charge is -2.38. The lowest BCUT2D eigenvalue weighted by molar-refractivity contribution is -0.149. The fourth-order valence-electron chi connectivity index (χ4n) is 3.17. The highest BCUT2D eigenvalue weighted by atomic mass is 16.5. The Bertz CT molecular complexity index is 212. The molecule has 0 aromatic heterocycles. The van der Waals surface area contributed by atoms with Crippen molar-refractivity contribution in [1.29, 1.82) is 0 Å². The van der Waals surface area contributed by atoms with Crippen molar-refractivity contribution in [1.82, 2.24) is 0 Å². The van der Waals surface area contributed by atoms with E-state index in [2.05, 4.69) is 0 Å². The maximum atomic E-state index is 10.8. The Morgan fingerprint density at radius 1 is 1.07 bits per heavy atom. The quantitative estimate of drug-likeness (QED) is 0.603. The SMILES string of the molecule is CC(=O)O[C@@H]1CC[C@H]2CCCC[C@H]2C1. The van der Waals surface area contributed by atoms with Crippen molar-refractivity contribution in [2.24, 2.45) is 11.8 Å². The first kappa shape index (κ1) is 10.0. The number of esters is 1. The minimum atomic E-state index is -0.107. The summed E-state index contributed by atoms with van der Waals surface area (Å²) in [6.07, 6.45) is 9.31. The van der Waals surface area contributed by atoms with Crippen LogP contribution in [0.3, 0.4) is 0 Å². The molecule has 3 atom stereocenters. The average Bonchev–Trinajstić information content (AvgIpc) is 2.17. The van der Waals surface area contributed by atoms with Gasteiger partial charge in [-0.1, -0.05) is 25.7 Å². The van der Waals surface area contributed by atoms with Crippen LogP contribution in [-0.4, -0.2) is 12.1 Å². The van der Waals surface area contributed by atoms with E-state index in [-0.39, 0.29) is 12.1 Å². The molecule has 2 aliphatic carbocycles. The van der Waals surface area contributed by atoms with Crippen molar-refractivity contribution in [2.75, 3.05) is 0 Å². The molecule has 2 fully saturated rings. The van der Waals surface area contributed by atoms with E-state index in [0.717, 1.165) is 24.7 Å². The van der Waals surface area contributed by atoms with Crippen molar-refractivity contribution in [2.45, 2.75) is 58.0 Å². The Morgan fingerprint density at radius 2 is 1.79 bits per heavy atom. The molecule has 0 N–H and O–H groups in total. The third-order valence-electron chi connectivity index (χ3n) is 3.82. The van der Waals surface area contributed by atoms with Crippen molar-refractivity contribution >= 4 is 5.97 Å². The molecule has 0 radical (unpaired) electrons. The van der Waals surface area contributed by atoms with Gasteiger partial charge in [0.05, 0.1) is 0 Å². The molecular weight excluding hydrogens is 176 g/mol. The van der Waals surface area contributed by atoms with Gasteiger partial charge < -0.3 is 4.74 Å². The van der Waals surface area contributed by atoms with Crippen LogP contribution in [0.4, 0.5) is 0 Å². The van der Waals surface area contributed by atoms with Crippen LogP contribution in [0.5, 0.6) is 0 Å². The van der Waals surface area contributed by atoms with Crippen LogP contribution >= 0.6 is 0 Å². The number of carbonyl (C=O) groups excluding carboxylic acids is 1. The summed E-state index contributed by atoms with van der Waals surface area (Å²) in [6.45, 7) is 1.52. The molecule has 80 valence electrons. The molecule has 2 saturated carbocycles. The predicted molar refractivity (Wildman–Crippen MR) is 54.9 cm³/mol. The summed E-state index contributed by atoms with van der Waals surface area (Å²) < 4.78 is 5.30. The second-order valence-corrected chi connectivity index (χ2v) is 4.85. The number of hydrogen-bond donors (Lipinski definition) is 0. The Balaban J connectivity index is 1.86. The zero-order valence-corrected chi connectivity index (χ0v) is 9.00. The highest BCUT2D eigenvalue weighted by Gasteiger charge is 2.33. The van der Waals surface area contributed by atoms with Crippen LogP contribution in [0, 0.1) is 11.8 Å². The molecule has 2 nitrogen and oxygen atoms in total. The van der Waals surface area contributed by atoms with Gasteiger partial charge in [0.25, 0.3) is 0 Å². The second kappa shape index (κ2) is 4.33. The van der Waals surface area contributed by atoms with Crippen LogP contribution in [0.2, 0.25) is 0 Å². The minimum Gasteiger partial charge on any atom is -0.463 e. The number of ether oxygens (including phenoxy) is 1. The normalized spacial score (nSPS) is 37.4. The molecule has 14 heavy (non-hydrogen) atoms. The van der Waals surface area contributed by atoms with Gasteiger partial charge in [0, 0.05) is 6.92 Å². The van der Waals surface area contributed by atoms with Gasteiger partial charge in [-0.05, 0) is 31.1 Å². The topological polar surface area (TPSA) is 26.3 Å². The van der Waals surface area contributed by atoms with E-state index in [0.29, 0.717) is 0 Å². The van der Waals surface area contributed by atoms with Crippen LogP contribution in [0.25, 0.3) is 0 Å². The van der Waals surface area contributed by atoms with Crippen molar-refractivity contribution in [3.05, 3.63) is 0 Å². The molecule has 2 heteroatoms. The van der Waals surface area contributed by atoms with Crippen LogP contribution in [0.1, 0.15) is 51.9 Å². The van der Waals surface area contributed by atoms with Gasteiger partial charge in [-0.15, -0.1) is 0 Å². The van der Waals surface area contributed by atoms with Gasteiger partial charge in [0.1, 0.15) is 6.10 Å². The van der Waals surface area contributed by atoms with Crippen molar-refractivity contribution < 1.29 is 9.53 Å². The van der Waals surface area contributed by atoms with E-state index in [1.807, 2.05) is 0 Å². The molecule has 0 saturated heterocycles. The summed E-state index contributed by atoms with van der Waals surface area (Å²) >= 11 is 0. The Morgan fingerprint density at radius 3 is 2.50 bits per heavy atom. The minimum absolute atomic E-state index is 0.107. The van der Waals surface area contributed by atoms with Crippen molar-refractivity contribution in [3.63, 3.8) is 0 Å². The van der Waals surface area contributed by atoms with Gasteiger partial charge in [0.2, 0.25) is 0 Å². The summed E-state index contributed by atoms with van der Waals surface area (Å²) in [6, 6.07) is 0. The van der Waals surface area contributed by atoms with Crippen LogP contribution in [-0.2, 0) is 9.53 Å². The molecule has 2 aliphatic rings. The van der Waals surface area contributed by atoms with Crippen LogP contribution < -0.4 is 0 Å². The smallest absolute Gasteiger partial charge is 0.302 e. The summed E-state index contributed by atoms with van der Waals surface area (Å²) in [4.78, 5) is 10.8. The Labute approximate surface area is 86.0 Å². The molecule has 2 rings (SSSR count). The average molecular weight is 196 g/mol. The zero-order valence-electron chi connectivity index (χ0n) is 9.00. The first-order valence-electron chi connectivity index (χ1n) is 5.93. The first-order valence-corrected chi connectivity index (χ1v) is 5.93. The number of hydrogen-bond acceptors (Lipinski definition) is 2. The highest BCUT2D eigenvalue weighted by Crippen LogP contribution is 2.41. The van der Waals surface area contributed by atoms with E-state index < -0.39 is 0 Å². The molecule has 0 heterocycles. The molecule has 0 aliphatic heterocycles. The molecule has 0 aromatic rings. The Hall–Kier alpha value is -0.530. The molecular formula is C12H20O2. The number of rotatable bonds is 1. The summed E-state index contributed by atoms with van der Waals surface area (Å²) in [5.41, 5.74) is 0. The van der Waals surface area contributed by atoms with Crippen molar-refractivity contribution in [3.8, 4) is 0 Å². The standard InChI is InChI=1S/C12H20O2/c1-9(13)14-12-7-6-10-4-2-3-5-11(10)8-12/h10-12H,2-8H2,1H3/t10-,11+,12-/m1/s1. The van der Waals surface area contributed by atoms with E-state index in [9.17, 15) is 4.79 Å². The number of fused-ring (bicyclic) bond motifs is 1. The Kier molecular flexibility index (Phi) is 3.09. The van der Waals surface area contributed by atoms with E-state index in [1.165, 1.54) is 39.0 Å². The van der Waals surface area contributed by atoms with Gasteiger partial charge >= 0.3 is 5.97 Å². The lowest BCUT2D eigenvalue weighted by atomic mass is 9.70. The fourth-order valence-corrected chi connectivity index (χ4v) is 3.17. The molecule has 0 bridgehead atoms. The maximum Gasteiger partial charge on any atom is 0.302 e. The van der Waals surface area contributed by atoms with Gasteiger partial charge in [-0.2, -0.15) is 0 Å². The molecule has 0 amide bonds. The lowest BCUT2D eigenvalue weighted by Crippen LogP contribution is -2.32. The van der Waals surface area contributed by atoms with Gasteiger partial charge in [-0.25, -0.2) is 0 Å². The summed E-state index contributed by atoms with van der Waals surface area (Å²) in [5.74, 6) is 1.68. The van der Waals surface area contributed by atoms with E-state index >= 15 is 0 Å². The zero-order chi connectivity index (χ0) is 9.97. The van der Waals surface area contributed by atoms with Crippen LogP contribution in [0.15, 0.2) is 0 Å². The highest BCUT2D eigenvalue weighted by molar-refractivity contribution is 5.66. The monoisotopic (exact) mass is 196 g/mol. The largest absolute Gasteiger partial charge is 0.463 e. The van der Waals surface area contributed by atoms with Gasteiger partial charge in [0.15, 0.2) is 0 Å². The third-order valence-corrected chi connectivity index (χ3v) is 3.82. The molecule has 0 spiro atoms. The fraction of sp³-hybridized carbons (Fsp3) is 0.917. The number of carbonyl (C=O) groups is 1. The second-order valence-electron chi connectivity index (χ2n) is 4.85. The maximum absolute atomic E-state index is 10.8. The first-order chi connectivity index (χ1) is 6.75. The molecule has 0 unspecified atom stereocenters. The molecule has 0 aromatic carbocycles. The van der Waals surface area contributed by atoms with E-state index in [1.54, 1.807) is 0 Å². The third kappa shape index (κ3) is 2.28. The van der Waals surface area contributed by atoms with E-state index in [4.69, 9.17) is 4.74 Å². The summed E-state index contributed by atoms with van der Waals surface area (Å²) in [7, 11) is 0. The predicted octanol–water partition coefficient (Wildman–Crippen LogP) is 2.91. The summed E-state index contributed by atoms with van der Waals surface area (Å²) in [5, 5.41) is 0. The van der Waals surface area contributed by atoms with Gasteiger partial charge in [-0.3, -0.25) is 4.79 Å².